The maximum atomic E-state index is 12.7. The largest absolute Gasteiger partial charge is 0.424 e. The van der Waals surface area contributed by atoms with Crippen molar-refractivity contribution in [3.8, 4) is 11.8 Å². The Hall–Kier alpha value is -3.39. The number of hydrogen-bond donors (Lipinski definition) is 1. The van der Waals surface area contributed by atoms with Gasteiger partial charge < -0.3 is 14.2 Å². The molecule has 9 heteroatoms. The van der Waals surface area contributed by atoms with Crippen LogP contribution in [0.3, 0.4) is 0 Å². The van der Waals surface area contributed by atoms with Gasteiger partial charge in [-0.3, -0.25) is 5.32 Å². The van der Waals surface area contributed by atoms with Gasteiger partial charge in [0.25, 0.3) is 0 Å². The van der Waals surface area contributed by atoms with E-state index in [9.17, 15) is 4.79 Å². The first-order chi connectivity index (χ1) is 15.4. The minimum Gasteiger partial charge on any atom is -0.424 e. The smallest absolute Gasteiger partial charge is 0.323 e. The number of likely N-dealkylation sites (tertiary alicyclic amines) is 1. The van der Waals surface area contributed by atoms with E-state index in [1.54, 1.807) is 0 Å². The molecule has 3 heterocycles. The van der Waals surface area contributed by atoms with Crippen molar-refractivity contribution in [2.24, 2.45) is 5.92 Å². The Morgan fingerprint density at radius 1 is 1.31 bits per heavy atom. The second-order valence-electron chi connectivity index (χ2n) is 7.82. The molecule has 1 saturated heterocycles. The van der Waals surface area contributed by atoms with Crippen molar-refractivity contribution in [2.75, 3.05) is 18.4 Å². The van der Waals surface area contributed by atoms with Crippen LogP contribution in [0, 0.1) is 19.8 Å². The Morgan fingerprint density at radius 2 is 2.09 bits per heavy atom. The molecule has 0 spiro atoms. The highest BCUT2D eigenvalue weighted by Crippen LogP contribution is 2.27. The van der Waals surface area contributed by atoms with E-state index in [4.69, 9.17) is 20.9 Å². The lowest BCUT2D eigenvalue weighted by atomic mass is 9.91. The Bertz CT molecular complexity index is 1140. The van der Waals surface area contributed by atoms with E-state index in [1.165, 1.54) is 18.0 Å². The molecule has 1 N–H and O–H groups in total. The maximum Gasteiger partial charge on any atom is 0.323 e. The number of nitrogens with one attached hydrogen (secondary N) is 1. The number of ether oxygens (including phenoxy) is 1. The van der Waals surface area contributed by atoms with Gasteiger partial charge in [-0.05, 0) is 43.9 Å². The summed E-state index contributed by atoms with van der Waals surface area (Å²) in [5.74, 6) is 2.04. The lowest BCUT2D eigenvalue weighted by Gasteiger charge is -2.33. The molecule has 166 valence electrons. The molecule has 1 atom stereocenters. The van der Waals surface area contributed by atoms with E-state index in [0.717, 1.165) is 17.5 Å². The normalized spacial score (nSPS) is 17.4. The van der Waals surface area contributed by atoms with Gasteiger partial charge in [-0.25, -0.2) is 14.8 Å². The van der Waals surface area contributed by atoms with Crippen molar-refractivity contribution >= 4 is 29.5 Å². The monoisotopic (exact) mass is 453 g/mol. The van der Waals surface area contributed by atoms with E-state index < -0.39 is 0 Å². The Morgan fingerprint density at radius 3 is 2.78 bits per heavy atom. The van der Waals surface area contributed by atoms with Gasteiger partial charge in [-0.1, -0.05) is 47.5 Å². The van der Waals surface area contributed by atoms with Gasteiger partial charge in [-0.2, -0.15) is 0 Å². The molecule has 1 aliphatic heterocycles. The summed E-state index contributed by atoms with van der Waals surface area (Å²) >= 11 is 5.82. The van der Waals surface area contributed by atoms with E-state index in [-0.39, 0.29) is 18.0 Å². The average molecular weight is 454 g/mol. The maximum absolute atomic E-state index is 12.7. The third kappa shape index (κ3) is 5.08. The molecule has 32 heavy (non-hydrogen) atoms. The number of anilines is 1. The summed E-state index contributed by atoms with van der Waals surface area (Å²) < 4.78 is 10.8. The van der Waals surface area contributed by atoms with Gasteiger partial charge in [0, 0.05) is 18.7 Å². The zero-order valence-corrected chi connectivity index (χ0v) is 18.9. The predicted octanol–water partition coefficient (Wildman–Crippen LogP) is 5.48. The molecular formula is C23H24ClN5O3. The van der Waals surface area contributed by atoms with Crippen molar-refractivity contribution in [3.63, 3.8) is 0 Å². The van der Waals surface area contributed by atoms with E-state index in [2.05, 4.69) is 33.4 Å². The number of halogens is 1. The lowest BCUT2D eigenvalue weighted by molar-refractivity contribution is 0.197. The highest BCUT2D eigenvalue weighted by Gasteiger charge is 2.25. The van der Waals surface area contributed by atoms with Crippen LogP contribution in [0.5, 0.6) is 11.8 Å². The van der Waals surface area contributed by atoms with Crippen LogP contribution >= 0.6 is 11.6 Å². The van der Waals surface area contributed by atoms with Crippen LogP contribution in [0.15, 0.2) is 46.8 Å². The van der Waals surface area contributed by atoms with E-state index >= 15 is 0 Å². The summed E-state index contributed by atoms with van der Waals surface area (Å²) in [7, 11) is 0. The number of aromatic nitrogens is 3. The number of aryl methyl sites for hydroxylation is 1. The Balaban J connectivity index is 1.40. The van der Waals surface area contributed by atoms with Crippen molar-refractivity contribution < 1.29 is 14.1 Å². The molecule has 4 rings (SSSR count). The van der Waals surface area contributed by atoms with Crippen LogP contribution in [0.25, 0.3) is 6.08 Å². The SMILES string of the molecule is Cc1onc(NC(=O)N2CC/C(=C\c3cccc(Oc4ncc(Cl)cn4)c3)C(C)C2)c1C. The molecular weight excluding hydrogens is 430 g/mol. The number of urea groups is 1. The summed E-state index contributed by atoms with van der Waals surface area (Å²) in [6.45, 7) is 7.08. The second-order valence-corrected chi connectivity index (χ2v) is 8.25. The fourth-order valence-corrected chi connectivity index (χ4v) is 3.60. The van der Waals surface area contributed by atoms with Gasteiger partial charge in [-0.15, -0.1) is 0 Å². The first-order valence-electron chi connectivity index (χ1n) is 10.3. The summed E-state index contributed by atoms with van der Waals surface area (Å²) in [6, 6.07) is 7.81. The summed E-state index contributed by atoms with van der Waals surface area (Å²) in [5, 5.41) is 7.21. The molecule has 2 amide bonds. The number of hydrogen-bond acceptors (Lipinski definition) is 6. The Labute approximate surface area is 191 Å². The van der Waals surface area contributed by atoms with Crippen LogP contribution in [-0.2, 0) is 0 Å². The first-order valence-corrected chi connectivity index (χ1v) is 10.7. The molecule has 1 aliphatic rings. The van der Waals surface area contributed by atoms with Gasteiger partial charge >= 0.3 is 12.0 Å². The summed E-state index contributed by atoms with van der Waals surface area (Å²) in [4.78, 5) is 22.6. The molecule has 8 nitrogen and oxygen atoms in total. The van der Waals surface area contributed by atoms with E-state index in [0.29, 0.717) is 35.4 Å². The summed E-state index contributed by atoms with van der Waals surface area (Å²) in [6.07, 6.45) is 5.93. The fraction of sp³-hybridized carbons (Fsp3) is 0.304. The number of carbonyl (C=O) groups is 1. The zero-order chi connectivity index (χ0) is 22.7. The first kappa shape index (κ1) is 21.8. The Kier molecular flexibility index (Phi) is 6.41. The van der Waals surface area contributed by atoms with Crippen LogP contribution < -0.4 is 10.1 Å². The second kappa shape index (κ2) is 9.40. The predicted molar refractivity (Wildman–Crippen MR) is 122 cm³/mol. The number of amides is 2. The van der Waals surface area contributed by atoms with Crippen LogP contribution in [0.2, 0.25) is 5.02 Å². The van der Waals surface area contributed by atoms with Gasteiger partial charge in [0.1, 0.15) is 11.5 Å². The highest BCUT2D eigenvalue weighted by molar-refractivity contribution is 6.30. The number of nitrogens with zero attached hydrogens (tertiary/aromatic N) is 4. The molecule has 0 radical (unpaired) electrons. The minimum atomic E-state index is -0.161. The third-order valence-corrected chi connectivity index (χ3v) is 5.68. The number of piperidine rings is 1. The van der Waals surface area contributed by atoms with Crippen LogP contribution in [-0.4, -0.2) is 39.1 Å². The average Bonchev–Trinajstić information content (AvgIpc) is 3.09. The molecule has 0 aliphatic carbocycles. The molecule has 0 saturated carbocycles. The fourth-order valence-electron chi connectivity index (χ4n) is 3.50. The quantitative estimate of drug-likeness (QED) is 0.561. The molecule has 2 aromatic heterocycles. The van der Waals surface area contributed by atoms with Gasteiger partial charge in [0.15, 0.2) is 5.82 Å². The van der Waals surface area contributed by atoms with Crippen molar-refractivity contribution in [2.45, 2.75) is 27.2 Å². The molecule has 1 fully saturated rings. The zero-order valence-electron chi connectivity index (χ0n) is 18.1. The standard InChI is InChI=1S/C23H24ClN5O3/c1-14-13-29(23(30)27-21-15(2)16(3)32-28-21)8-7-18(14)9-17-5-4-6-20(10-17)31-22-25-11-19(24)12-26-22/h4-6,9-12,14H,7-8,13H2,1-3H3,(H,27,28,30)/b18-9+. The molecule has 1 unspecified atom stereocenters. The van der Waals surface area contributed by atoms with Crippen molar-refractivity contribution in [1.29, 1.82) is 0 Å². The number of benzene rings is 1. The van der Waals surface area contributed by atoms with Gasteiger partial charge in [0.05, 0.1) is 17.4 Å². The van der Waals surface area contributed by atoms with E-state index in [1.807, 2.05) is 43.0 Å². The van der Waals surface area contributed by atoms with Crippen LogP contribution in [0.4, 0.5) is 10.6 Å². The molecule has 0 bridgehead atoms. The summed E-state index contributed by atoms with van der Waals surface area (Å²) in [5.41, 5.74) is 3.14. The topological polar surface area (TPSA) is 93.4 Å². The molecule has 1 aromatic carbocycles. The lowest BCUT2D eigenvalue weighted by Crippen LogP contribution is -2.42. The number of carbonyl (C=O) groups excluding carboxylic acids is 1. The minimum absolute atomic E-state index is 0.161. The third-order valence-electron chi connectivity index (χ3n) is 5.48. The molecule has 3 aromatic rings. The van der Waals surface area contributed by atoms with Crippen LogP contribution in [0.1, 0.15) is 30.2 Å². The van der Waals surface area contributed by atoms with Crippen molar-refractivity contribution in [1.82, 2.24) is 20.0 Å². The van der Waals surface area contributed by atoms with Crippen molar-refractivity contribution in [3.05, 3.63) is 64.1 Å². The highest BCUT2D eigenvalue weighted by atomic mass is 35.5. The van der Waals surface area contributed by atoms with Gasteiger partial charge in [0.2, 0.25) is 0 Å². The number of rotatable bonds is 4.